The molecule has 0 aromatic carbocycles. The van der Waals surface area contributed by atoms with Gasteiger partial charge in [0.15, 0.2) is 5.69 Å². The Kier molecular flexibility index (Phi) is 4.32. The molecule has 1 aromatic rings. The molecule has 0 N–H and O–H groups in total. The Morgan fingerprint density at radius 2 is 2.33 bits per heavy atom. The van der Waals surface area contributed by atoms with Crippen LogP contribution in [-0.4, -0.2) is 22.4 Å². The van der Waals surface area contributed by atoms with Gasteiger partial charge in [-0.3, -0.25) is 4.68 Å². The van der Waals surface area contributed by atoms with Gasteiger partial charge in [-0.25, -0.2) is 4.79 Å². The van der Waals surface area contributed by atoms with Crippen LogP contribution >= 0.6 is 15.9 Å². The predicted octanol–water partition coefficient (Wildman–Crippen LogP) is 2.79. The van der Waals surface area contributed by atoms with Crippen LogP contribution in [0.25, 0.3) is 0 Å². The van der Waals surface area contributed by atoms with Crippen molar-refractivity contribution in [3.8, 4) is 0 Å². The minimum absolute atomic E-state index is 0.282. The van der Waals surface area contributed by atoms with E-state index in [9.17, 15) is 4.79 Å². The molecular formula is C10H15BrN2O2. The molecule has 15 heavy (non-hydrogen) atoms. The molecule has 0 saturated heterocycles. The first-order chi connectivity index (χ1) is 7.10. The third-order valence-corrected chi connectivity index (χ3v) is 2.78. The number of halogens is 1. The topological polar surface area (TPSA) is 44.1 Å². The van der Waals surface area contributed by atoms with Crippen molar-refractivity contribution in [3.63, 3.8) is 0 Å². The minimum atomic E-state index is -0.383. The zero-order valence-electron chi connectivity index (χ0n) is 9.16. The van der Waals surface area contributed by atoms with Gasteiger partial charge in [0.05, 0.1) is 11.1 Å². The van der Waals surface area contributed by atoms with Gasteiger partial charge in [0.25, 0.3) is 0 Å². The van der Waals surface area contributed by atoms with E-state index in [1.165, 1.54) is 0 Å². The maximum atomic E-state index is 11.5. The monoisotopic (exact) mass is 274 g/mol. The van der Waals surface area contributed by atoms with E-state index < -0.39 is 0 Å². The smallest absolute Gasteiger partial charge is 0.360 e. The van der Waals surface area contributed by atoms with Crippen LogP contribution in [-0.2, 0) is 4.74 Å². The normalized spacial score (nSPS) is 12.5. The summed E-state index contributed by atoms with van der Waals surface area (Å²) in [4.78, 5) is 11.5. The quantitative estimate of drug-likeness (QED) is 0.794. The number of carbonyl (C=O) groups excluding carboxylic acids is 1. The van der Waals surface area contributed by atoms with Crippen molar-refractivity contribution in [1.29, 1.82) is 0 Å². The Morgan fingerprint density at radius 1 is 1.67 bits per heavy atom. The van der Waals surface area contributed by atoms with Gasteiger partial charge in [0.2, 0.25) is 0 Å². The molecular weight excluding hydrogens is 260 g/mol. The fraction of sp³-hybridized carbons (Fsp3) is 0.600. The third kappa shape index (κ3) is 2.81. The van der Waals surface area contributed by atoms with Crippen LogP contribution in [0.4, 0.5) is 0 Å². The summed E-state index contributed by atoms with van der Waals surface area (Å²) in [5.41, 5.74) is 0.345. The number of esters is 1. The molecule has 1 heterocycles. The SMILES string of the molecule is CCOC(=O)c1nn([C@@H](C)CC)cc1Br. The molecule has 0 aliphatic carbocycles. The zero-order valence-corrected chi connectivity index (χ0v) is 10.7. The van der Waals surface area contributed by atoms with Gasteiger partial charge in [-0.15, -0.1) is 0 Å². The van der Waals surface area contributed by atoms with Crippen molar-refractivity contribution >= 4 is 21.9 Å². The summed E-state index contributed by atoms with van der Waals surface area (Å²) in [6, 6.07) is 0.282. The molecule has 0 amide bonds. The number of ether oxygens (including phenoxy) is 1. The highest BCUT2D eigenvalue weighted by molar-refractivity contribution is 9.10. The second kappa shape index (κ2) is 5.30. The summed E-state index contributed by atoms with van der Waals surface area (Å²) < 4.78 is 7.35. The fourth-order valence-corrected chi connectivity index (χ4v) is 1.57. The molecule has 0 bridgehead atoms. The van der Waals surface area contributed by atoms with E-state index in [1.54, 1.807) is 17.8 Å². The summed E-state index contributed by atoms with van der Waals surface area (Å²) >= 11 is 3.30. The molecule has 0 fully saturated rings. The summed E-state index contributed by atoms with van der Waals surface area (Å²) in [7, 11) is 0. The molecule has 0 unspecified atom stereocenters. The molecule has 4 nitrogen and oxygen atoms in total. The minimum Gasteiger partial charge on any atom is -0.461 e. The molecule has 0 aliphatic rings. The lowest BCUT2D eigenvalue weighted by Gasteiger charge is -2.07. The maximum absolute atomic E-state index is 11.5. The average molecular weight is 275 g/mol. The standard InChI is InChI=1S/C10H15BrN2O2/c1-4-7(3)13-6-8(11)9(12-13)10(14)15-5-2/h6-7H,4-5H2,1-3H3/t7-/m0/s1. The first kappa shape index (κ1) is 12.2. The number of carbonyl (C=O) groups is 1. The molecule has 1 aromatic heterocycles. The van der Waals surface area contributed by atoms with Crippen LogP contribution in [0.1, 0.15) is 43.7 Å². The van der Waals surface area contributed by atoms with Gasteiger partial charge in [0.1, 0.15) is 0 Å². The number of rotatable bonds is 4. The van der Waals surface area contributed by atoms with Crippen molar-refractivity contribution in [2.45, 2.75) is 33.2 Å². The Bertz CT molecular complexity index is 349. The zero-order chi connectivity index (χ0) is 11.4. The Labute approximate surface area is 97.7 Å². The van der Waals surface area contributed by atoms with E-state index in [0.29, 0.717) is 16.8 Å². The first-order valence-electron chi connectivity index (χ1n) is 5.01. The highest BCUT2D eigenvalue weighted by atomic mass is 79.9. The first-order valence-corrected chi connectivity index (χ1v) is 5.81. The average Bonchev–Trinajstić information content (AvgIpc) is 2.59. The van der Waals surface area contributed by atoms with E-state index in [1.807, 2.05) is 6.92 Å². The molecule has 0 aliphatic heterocycles. The molecule has 84 valence electrons. The lowest BCUT2D eigenvalue weighted by Crippen LogP contribution is -2.09. The van der Waals surface area contributed by atoms with Gasteiger partial charge in [-0.1, -0.05) is 6.92 Å². The second-order valence-electron chi connectivity index (χ2n) is 3.28. The number of nitrogens with zero attached hydrogens (tertiary/aromatic N) is 2. The fourth-order valence-electron chi connectivity index (χ4n) is 1.12. The molecule has 1 atom stereocenters. The van der Waals surface area contributed by atoms with Crippen LogP contribution in [0.15, 0.2) is 10.7 Å². The van der Waals surface area contributed by atoms with E-state index in [2.05, 4.69) is 28.0 Å². The predicted molar refractivity (Wildman–Crippen MR) is 60.9 cm³/mol. The van der Waals surface area contributed by atoms with Crippen molar-refractivity contribution in [3.05, 3.63) is 16.4 Å². The molecule has 1 rings (SSSR count). The van der Waals surface area contributed by atoms with Crippen LogP contribution in [0.2, 0.25) is 0 Å². The third-order valence-electron chi connectivity index (χ3n) is 2.20. The summed E-state index contributed by atoms with van der Waals surface area (Å²) in [5, 5.41) is 4.19. The Hall–Kier alpha value is -0.840. The summed E-state index contributed by atoms with van der Waals surface area (Å²) in [5.74, 6) is -0.383. The molecule has 5 heteroatoms. The number of hydrogen-bond donors (Lipinski definition) is 0. The van der Waals surface area contributed by atoms with E-state index in [0.717, 1.165) is 6.42 Å². The summed E-state index contributed by atoms with van der Waals surface area (Å²) in [6.45, 7) is 6.26. The molecule has 0 saturated carbocycles. The molecule has 0 radical (unpaired) electrons. The van der Waals surface area contributed by atoms with Crippen LogP contribution in [0, 0.1) is 0 Å². The van der Waals surface area contributed by atoms with Crippen LogP contribution in [0.5, 0.6) is 0 Å². The molecule has 0 spiro atoms. The highest BCUT2D eigenvalue weighted by Crippen LogP contribution is 2.19. The largest absolute Gasteiger partial charge is 0.461 e. The Balaban J connectivity index is 2.90. The summed E-state index contributed by atoms with van der Waals surface area (Å²) in [6.07, 6.45) is 2.77. The van der Waals surface area contributed by atoms with Crippen molar-refractivity contribution in [1.82, 2.24) is 9.78 Å². The van der Waals surface area contributed by atoms with E-state index in [-0.39, 0.29) is 12.0 Å². The van der Waals surface area contributed by atoms with Gasteiger partial charge in [-0.2, -0.15) is 5.10 Å². The van der Waals surface area contributed by atoms with Gasteiger partial charge in [-0.05, 0) is 36.2 Å². The number of hydrogen-bond acceptors (Lipinski definition) is 3. The van der Waals surface area contributed by atoms with Crippen molar-refractivity contribution in [2.75, 3.05) is 6.61 Å². The lowest BCUT2D eigenvalue weighted by atomic mass is 10.3. The number of aromatic nitrogens is 2. The van der Waals surface area contributed by atoms with E-state index in [4.69, 9.17) is 4.74 Å². The van der Waals surface area contributed by atoms with Gasteiger partial charge >= 0.3 is 5.97 Å². The van der Waals surface area contributed by atoms with Crippen molar-refractivity contribution < 1.29 is 9.53 Å². The van der Waals surface area contributed by atoms with Gasteiger partial charge < -0.3 is 4.74 Å². The second-order valence-corrected chi connectivity index (χ2v) is 4.14. The van der Waals surface area contributed by atoms with E-state index >= 15 is 0 Å². The Morgan fingerprint density at radius 3 is 2.87 bits per heavy atom. The van der Waals surface area contributed by atoms with Crippen molar-refractivity contribution in [2.24, 2.45) is 0 Å². The van der Waals surface area contributed by atoms with Crippen LogP contribution in [0.3, 0.4) is 0 Å². The van der Waals surface area contributed by atoms with Crippen LogP contribution < -0.4 is 0 Å². The lowest BCUT2D eigenvalue weighted by molar-refractivity contribution is 0.0517. The van der Waals surface area contributed by atoms with Gasteiger partial charge in [0, 0.05) is 12.2 Å². The highest BCUT2D eigenvalue weighted by Gasteiger charge is 2.17. The maximum Gasteiger partial charge on any atom is 0.360 e.